The summed E-state index contributed by atoms with van der Waals surface area (Å²) in [4.78, 5) is 0.615. The Bertz CT molecular complexity index is 460. The largest absolute Gasteiger partial charge is 0.494 e. The van der Waals surface area contributed by atoms with Gasteiger partial charge in [-0.1, -0.05) is 12.2 Å². The Hall–Kier alpha value is -1.36. The second kappa shape index (κ2) is 3.59. The molecule has 1 aliphatic rings. The predicted molar refractivity (Wildman–Crippen MR) is 66.9 cm³/mol. The summed E-state index contributed by atoms with van der Waals surface area (Å²) in [5.74, 6) is 0.251. The van der Waals surface area contributed by atoms with Gasteiger partial charge in [0, 0.05) is 0 Å². The maximum Gasteiger partial charge on any atom is 0.148 e. The van der Waals surface area contributed by atoms with Crippen LogP contribution in [0, 0.1) is 5.82 Å². The van der Waals surface area contributed by atoms with E-state index in [-0.39, 0.29) is 5.82 Å². The summed E-state index contributed by atoms with van der Waals surface area (Å²) in [5.41, 5.74) is 0.500. The Balaban J connectivity index is 2.57. The van der Waals surface area contributed by atoms with Crippen molar-refractivity contribution in [1.29, 1.82) is 0 Å². The number of anilines is 2. The highest BCUT2D eigenvalue weighted by Gasteiger charge is 2.32. The molecule has 86 valence electrons. The molecule has 1 aliphatic heterocycles. The third-order valence-electron chi connectivity index (χ3n) is 2.58. The van der Waals surface area contributed by atoms with Crippen LogP contribution >= 0.6 is 12.2 Å². The van der Waals surface area contributed by atoms with Gasteiger partial charge in [0.25, 0.3) is 0 Å². The first-order valence-corrected chi connectivity index (χ1v) is 5.32. The molecule has 5 heteroatoms. The highest BCUT2D eigenvalue weighted by atomic mass is 32.1. The van der Waals surface area contributed by atoms with E-state index in [1.165, 1.54) is 13.2 Å². The van der Waals surface area contributed by atoms with Gasteiger partial charge in [-0.15, -0.1) is 0 Å². The molecule has 0 spiro atoms. The fourth-order valence-corrected chi connectivity index (χ4v) is 1.77. The number of hydrogen-bond donors (Lipinski definition) is 2. The molecule has 2 rings (SSSR count). The van der Waals surface area contributed by atoms with E-state index in [1.54, 1.807) is 6.07 Å². The average molecular weight is 240 g/mol. The fraction of sp³-hybridized carbons (Fsp3) is 0.364. The smallest absolute Gasteiger partial charge is 0.148 e. The zero-order valence-electron chi connectivity index (χ0n) is 9.35. The van der Waals surface area contributed by atoms with Crippen molar-refractivity contribution in [2.24, 2.45) is 0 Å². The quantitative estimate of drug-likeness (QED) is 0.739. The van der Waals surface area contributed by atoms with Crippen LogP contribution in [0.25, 0.3) is 0 Å². The summed E-state index contributed by atoms with van der Waals surface area (Å²) in [6, 6.07) is 2.95. The number of rotatable bonds is 1. The van der Waals surface area contributed by atoms with Gasteiger partial charge in [-0.25, -0.2) is 4.39 Å². The van der Waals surface area contributed by atoms with Crippen LogP contribution in [-0.2, 0) is 0 Å². The van der Waals surface area contributed by atoms with E-state index in [2.05, 4.69) is 10.6 Å². The zero-order chi connectivity index (χ0) is 11.9. The van der Waals surface area contributed by atoms with Crippen LogP contribution in [0.5, 0.6) is 5.75 Å². The minimum Gasteiger partial charge on any atom is -0.494 e. The topological polar surface area (TPSA) is 33.3 Å². The molecule has 0 aromatic heterocycles. The minimum atomic E-state index is -0.463. The normalized spacial score (nSPS) is 17.1. The maximum absolute atomic E-state index is 13.7. The van der Waals surface area contributed by atoms with Gasteiger partial charge < -0.3 is 15.4 Å². The van der Waals surface area contributed by atoms with E-state index >= 15 is 0 Å². The number of thiocarbonyl (C=S) groups is 1. The first-order chi connectivity index (χ1) is 7.45. The van der Waals surface area contributed by atoms with Gasteiger partial charge in [-0.2, -0.15) is 0 Å². The van der Waals surface area contributed by atoms with Crippen LogP contribution in [0.1, 0.15) is 13.8 Å². The SMILES string of the molecule is COc1ccc(F)c2c1NC(=S)C(C)(C)N2. The lowest BCUT2D eigenvalue weighted by Crippen LogP contribution is -2.46. The first kappa shape index (κ1) is 11.1. The molecule has 0 amide bonds. The van der Waals surface area contributed by atoms with E-state index in [0.29, 0.717) is 22.1 Å². The molecule has 0 saturated heterocycles. The van der Waals surface area contributed by atoms with Gasteiger partial charge >= 0.3 is 0 Å². The van der Waals surface area contributed by atoms with Crippen molar-refractivity contribution in [3.05, 3.63) is 17.9 Å². The van der Waals surface area contributed by atoms with E-state index in [1.807, 2.05) is 13.8 Å². The van der Waals surface area contributed by atoms with Crippen LogP contribution in [0.3, 0.4) is 0 Å². The highest BCUT2D eigenvalue weighted by Crippen LogP contribution is 2.40. The average Bonchev–Trinajstić information content (AvgIpc) is 2.22. The predicted octanol–water partition coefficient (Wildman–Crippen LogP) is 2.78. The Labute approximate surface area is 99.0 Å². The molecule has 1 heterocycles. The van der Waals surface area contributed by atoms with Crippen molar-refractivity contribution in [3.8, 4) is 5.75 Å². The monoisotopic (exact) mass is 240 g/mol. The number of nitrogens with one attached hydrogen (secondary N) is 2. The molecular weight excluding hydrogens is 227 g/mol. The second-order valence-corrected chi connectivity index (χ2v) is 4.61. The molecule has 0 fully saturated rings. The number of hydrogen-bond acceptors (Lipinski definition) is 3. The maximum atomic E-state index is 13.7. The number of ether oxygens (including phenoxy) is 1. The molecule has 3 nitrogen and oxygen atoms in total. The lowest BCUT2D eigenvalue weighted by molar-refractivity contribution is 0.415. The van der Waals surface area contributed by atoms with Crippen LogP contribution in [0.15, 0.2) is 12.1 Å². The number of fused-ring (bicyclic) bond motifs is 1. The van der Waals surface area contributed by atoms with Crippen molar-refractivity contribution in [2.45, 2.75) is 19.4 Å². The van der Waals surface area contributed by atoms with Crippen molar-refractivity contribution < 1.29 is 9.13 Å². The van der Waals surface area contributed by atoms with E-state index in [9.17, 15) is 4.39 Å². The zero-order valence-corrected chi connectivity index (χ0v) is 10.2. The summed E-state index contributed by atoms with van der Waals surface area (Å²) >= 11 is 5.22. The third kappa shape index (κ3) is 1.61. The molecule has 0 unspecified atom stereocenters. The van der Waals surface area contributed by atoms with Crippen molar-refractivity contribution >= 4 is 28.6 Å². The van der Waals surface area contributed by atoms with Gasteiger partial charge in [-0.3, -0.25) is 0 Å². The molecule has 0 bridgehead atoms. The van der Waals surface area contributed by atoms with Gasteiger partial charge in [0.2, 0.25) is 0 Å². The lowest BCUT2D eigenvalue weighted by Gasteiger charge is -2.35. The standard InChI is InChI=1S/C11H13FN2OS/c1-11(2)10(16)13-9-7(15-3)5-4-6(12)8(9)14-11/h4-5,14H,1-3H3,(H,13,16). The van der Waals surface area contributed by atoms with Gasteiger partial charge in [0.1, 0.15) is 22.2 Å². The van der Waals surface area contributed by atoms with Crippen LogP contribution in [0.4, 0.5) is 15.8 Å². The molecule has 1 aromatic rings. The van der Waals surface area contributed by atoms with E-state index < -0.39 is 5.54 Å². The summed E-state index contributed by atoms with van der Waals surface area (Å²) in [5, 5.41) is 6.08. The Morgan fingerprint density at radius 3 is 2.62 bits per heavy atom. The number of benzene rings is 1. The van der Waals surface area contributed by atoms with Crippen molar-refractivity contribution in [1.82, 2.24) is 0 Å². The molecule has 0 saturated carbocycles. The fourth-order valence-electron chi connectivity index (χ4n) is 1.61. The minimum absolute atomic E-state index is 0.320. The summed E-state index contributed by atoms with van der Waals surface area (Å²) in [7, 11) is 1.54. The molecular formula is C11H13FN2OS. The van der Waals surface area contributed by atoms with Crippen LogP contribution < -0.4 is 15.4 Å². The van der Waals surface area contributed by atoms with Crippen molar-refractivity contribution in [2.75, 3.05) is 17.7 Å². The number of methoxy groups -OCH3 is 1. The molecule has 0 aliphatic carbocycles. The van der Waals surface area contributed by atoms with E-state index in [4.69, 9.17) is 17.0 Å². The molecule has 0 radical (unpaired) electrons. The first-order valence-electron chi connectivity index (χ1n) is 4.92. The Kier molecular flexibility index (Phi) is 2.50. The van der Waals surface area contributed by atoms with E-state index in [0.717, 1.165) is 0 Å². The van der Waals surface area contributed by atoms with Crippen LogP contribution in [0.2, 0.25) is 0 Å². The summed E-state index contributed by atoms with van der Waals surface area (Å²) < 4.78 is 18.8. The summed E-state index contributed by atoms with van der Waals surface area (Å²) in [6.07, 6.45) is 0. The van der Waals surface area contributed by atoms with Gasteiger partial charge in [0.15, 0.2) is 0 Å². The third-order valence-corrected chi connectivity index (χ3v) is 3.19. The van der Waals surface area contributed by atoms with Crippen molar-refractivity contribution in [3.63, 3.8) is 0 Å². The lowest BCUT2D eigenvalue weighted by atomic mass is 10.0. The second-order valence-electron chi connectivity index (χ2n) is 4.20. The summed E-state index contributed by atoms with van der Waals surface area (Å²) in [6.45, 7) is 3.79. The molecule has 1 aromatic carbocycles. The molecule has 16 heavy (non-hydrogen) atoms. The Morgan fingerprint density at radius 1 is 1.31 bits per heavy atom. The van der Waals surface area contributed by atoms with Gasteiger partial charge in [0.05, 0.1) is 18.3 Å². The Morgan fingerprint density at radius 2 is 2.00 bits per heavy atom. The molecule has 2 N–H and O–H groups in total. The van der Waals surface area contributed by atoms with Gasteiger partial charge in [-0.05, 0) is 26.0 Å². The molecule has 0 atom stereocenters. The van der Waals surface area contributed by atoms with Crippen LogP contribution in [-0.4, -0.2) is 17.6 Å². The highest BCUT2D eigenvalue weighted by molar-refractivity contribution is 7.80. The number of halogens is 1.